The molecule has 1 unspecified atom stereocenters. The minimum atomic E-state index is -0.161. The first-order chi connectivity index (χ1) is 11.8. The van der Waals surface area contributed by atoms with Gasteiger partial charge in [0, 0.05) is 19.1 Å². The summed E-state index contributed by atoms with van der Waals surface area (Å²) in [6.07, 6.45) is 3.53. The summed E-state index contributed by atoms with van der Waals surface area (Å²) in [7, 11) is 0. The highest BCUT2D eigenvalue weighted by Crippen LogP contribution is 2.39. The molecule has 0 spiro atoms. The smallest absolute Gasteiger partial charge is 0.297 e. The van der Waals surface area contributed by atoms with Crippen LogP contribution in [0.5, 0.6) is 5.88 Å². The van der Waals surface area contributed by atoms with Crippen molar-refractivity contribution >= 4 is 17.3 Å². The van der Waals surface area contributed by atoms with E-state index >= 15 is 0 Å². The predicted octanol–water partition coefficient (Wildman–Crippen LogP) is 3.09. The maximum absolute atomic E-state index is 13.0. The quantitative estimate of drug-likeness (QED) is 0.867. The highest BCUT2D eigenvalue weighted by molar-refractivity contribution is 6.07. The Labute approximate surface area is 141 Å². The van der Waals surface area contributed by atoms with Crippen LogP contribution in [0.2, 0.25) is 0 Å². The van der Waals surface area contributed by atoms with Gasteiger partial charge in [0.25, 0.3) is 11.8 Å². The van der Waals surface area contributed by atoms with Gasteiger partial charge in [-0.25, -0.2) is 0 Å². The number of rotatable bonds is 3. The minimum absolute atomic E-state index is 0.161. The van der Waals surface area contributed by atoms with Crippen LogP contribution in [0.25, 0.3) is 0 Å². The standard InChI is InChI=1S/C18H21N3O3/c1-2-23-17-11-16(24-19-17)18(22)21-12-13-7-5-6-10-20(13)14-8-3-4-9-15(14)21/h3-4,8-9,11,13H,2,5-7,10,12H2,1H3. The molecule has 0 radical (unpaired) electrons. The van der Waals surface area contributed by atoms with Gasteiger partial charge in [0.05, 0.1) is 24.0 Å². The van der Waals surface area contributed by atoms with E-state index in [0.717, 1.165) is 24.3 Å². The lowest BCUT2D eigenvalue weighted by atomic mass is 9.97. The Kier molecular flexibility index (Phi) is 3.88. The van der Waals surface area contributed by atoms with Crippen molar-refractivity contribution in [1.82, 2.24) is 5.16 Å². The number of nitrogens with zero attached hydrogens (tertiary/aromatic N) is 3. The summed E-state index contributed by atoms with van der Waals surface area (Å²) in [6.45, 7) is 4.10. The second-order valence-electron chi connectivity index (χ2n) is 6.21. The van der Waals surface area contributed by atoms with Crippen LogP contribution in [-0.4, -0.2) is 36.8 Å². The molecular formula is C18H21N3O3. The van der Waals surface area contributed by atoms with Gasteiger partial charge in [0.2, 0.25) is 5.76 Å². The van der Waals surface area contributed by atoms with Crippen molar-refractivity contribution in [2.24, 2.45) is 0 Å². The molecule has 1 aromatic carbocycles. The van der Waals surface area contributed by atoms with Crippen molar-refractivity contribution in [3.05, 3.63) is 36.1 Å². The lowest BCUT2D eigenvalue weighted by molar-refractivity contribution is 0.0946. The molecule has 6 heteroatoms. The summed E-state index contributed by atoms with van der Waals surface area (Å²) in [4.78, 5) is 17.2. The third-order valence-corrected chi connectivity index (χ3v) is 4.74. The summed E-state index contributed by atoms with van der Waals surface area (Å²) in [5.41, 5.74) is 2.07. The molecule has 3 heterocycles. The average Bonchev–Trinajstić information content (AvgIpc) is 3.09. The van der Waals surface area contributed by atoms with Crippen LogP contribution in [0.3, 0.4) is 0 Å². The molecule has 2 aliphatic heterocycles. The SMILES string of the molecule is CCOc1cc(C(=O)N2CC3CCCCN3c3ccccc32)on1. The molecule has 0 bridgehead atoms. The minimum Gasteiger partial charge on any atom is -0.476 e. The van der Waals surface area contributed by atoms with E-state index in [1.165, 1.54) is 12.8 Å². The average molecular weight is 327 g/mol. The molecule has 1 aromatic heterocycles. The highest BCUT2D eigenvalue weighted by atomic mass is 16.5. The van der Waals surface area contributed by atoms with Crippen molar-refractivity contribution in [1.29, 1.82) is 0 Å². The van der Waals surface area contributed by atoms with E-state index in [1.807, 2.05) is 30.0 Å². The van der Waals surface area contributed by atoms with Crippen molar-refractivity contribution in [3.8, 4) is 5.88 Å². The molecule has 6 nitrogen and oxygen atoms in total. The Balaban J connectivity index is 1.67. The van der Waals surface area contributed by atoms with Crippen LogP contribution in [0, 0.1) is 0 Å². The van der Waals surface area contributed by atoms with Crippen LogP contribution < -0.4 is 14.5 Å². The topological polar surface area (TPSA) is 58.8 Å². The molecule has 0 N–H and O–H groups in total. The molecule has 2 aliphatic rings. The van der Waals surface area contributed by atoms with Gasteiger partial charge >= 0.3 is 0 Å². The van der Waals surface area contributed by atoms with Crippen molar-refractivity contribution in [2.45, 2.75) is 32.2 Å². The Bertz CT molecular complexity index is 743. The van der Waals surface area contributed by atoms with Gasteiger partial charge in [-0.2, -0.15) is 0 Å². The fourth-order valence-electron chi connectivity index (χ4n) is 3.65. The van der Waals surface area contributed by atoms with Crippen LogP contribution in [0.4, 0.5) is 11.4 Å². The van der Waals surface area contributed by atoms with Crippen LogP contribution in [0.15, 0.2) is 34.9 Å². The van der Waals surface area contributed by atoms with E-state index in [2.05, 4.69) is 16.1 Å². The third kappa shape index (κ3) is 2.52. The first-order valence-corrected chi connectivity index (χ1v) is 8.55. The van der Waals surface area contributed by atoms with E-state index < -0.39 is 0 Å². The summed E-state index contributed by atoms with van der Waals surface area (Å²) < 4.78 is 10.5. The van der Waals surface area contributed by atoms with Gasteiger partial charge in [-0.3, -0.25) is 4.79 Å². The first-order valence-electron chi connectivity index (χ1n) is 8.55. The molecule has 2 aromatic rings. The van der Waals surface area contributed by atoms with Crippen molar-refractivity contribution in [3.63, 3.8) is 0 Å². The molecule has 24 heavy (non-hydrogen) atoms. The molecule has 126 valence electrons. The van der Waals surface area contributed by atoms with E-state index in [1.54, 1.807) is 6.07 Å². The second kappa shape index (κ2) is 6.19. The Morgan fingerprint density at radius 2 is 2.17 bits per heavy atom. The van der Waals surface area contributed by atoms with Gasteiger partial charge < -0.3 is 19.1 Å². The molecule has 1 atom stereocenters. The number of carbonyl (C=O) groups is 1. The molecule has 4 rings (SSSR count). The number of aromatic nitrogens is 1. The fourth-order valence-corrected chi connectivity index (χ4v) is 3.65. The first kappa shape index (κ1) is 15.1. The number of benzene rings is 1. The molecular weight excluding hydrogens is 306 g/mol. The van der Waals surface area contributed by atoms with Gasteiger partial charge in [0.1, 0.15) is 0 Å². The lowest BCUT2D eigenvalue weighted by Gasteiger charge is -2.46. The fraction of sp³-hybridized carbons (Fsp3) is 0.444. The summed E-state index contributed by atoms with van der Waals surface area (Å²) in [5, 5.41) is 3.80. The molecule has 0 aliphatic carbocycles. The zero-order chi connectivity index (χ0) is 16.5. The molecule has 1 saturated heterocycles. The highest BCUT2D eigenvalue weighted by Gasteiger charge is 2.36. The molecule has 1 amide bonds. The van der Waals surface area contributed by atoms with E-state index in [-0.39, 0.29) is 11.7 Å². The zero-order valence-electron chi connectivity index (χ0n) is 13.8. The number of hydrogen-bond donors (Lipinski definition) is 0. The summed E-state index contributed by atoms with van der Waals surface area (Å²) in [5.74, 6) is 0.411. The molecule has 0 saturated carbocycles. The van der Waals surface area contributed by atoms with Gasteiger partial charge in [0.15, 0.2) is 0 Å². The van der Waals surface area contributed by atoms with Crippen molar-refractivity contribution in [2.75, 3.05) is 29.5 Å². The maximum atomic E-state index is 13.0. The number of anilines is 2. The number of hydrogen-bond acceptors (Lipinski definition) is 5. The van der Waals surface area contributed by atoms with Gasteiger partial charge in [-0.1, -0.05) is 12.1 Å². The second-order valence-corrected chi connectivity index (χ2v) is 6.21. The van der Waals surface area contributed by atoms with Gasteiger partial charge in [-0.05, 0) is 43.5 Å². The number of fused-ring (bicyclic) bond motifs is 3. The van der Waals surface area contributed by atoms with E-state index in [0.29, 0.717) is 25.1 Å². The Morgan fingerprint density at radius 1 is 1.33 bits per heavy atom. The van der Waals surface area contributed by atoms with Crippen LogP contribution in [0.1, 0.15) is 36.7 Å². The van der Waals surface area contributed by atoms with E-state index in [9.17, 15) is 4.79 Å². The number of ether oxygens (including phenoxy) is 1. The lowest BCUT2D eigenvalue weighted by Crippen LogP contribution is -2.52. The number of carbonyl (C=O) groups excluding carboxylic acids is 1. The predicted molar refractivity (Wildman–Crippen MR) is 90.8 cm³/mol. The number of amides is 1. The Morgan fingerprint density at radius 3 is 3.00 bits per heavy atom. The van der Waals surface area contributed by atoms with Crippen molar-refractivity contribution < 1.29 is 14.1 Å². The Hall–Kier alpha value is -2.50. The monoisotopic (exact) mass is 327 g/mol. The summed E-state index contributed by atoms with van der Waals surface area (Å²) >= 11 is 0. The van der Waals surface area contributed by atoms with Crippen LogP contribution >= 0.6 is 0 Å². The summed E-state index contributed by atoms with van der Waals surface area (Å²) in [6, 6.07) is 10.0. The number of piperidine rings is 1. The third-order valence-electron chi connectivity index (χ3n) is 4.74. The maximum Gasteiger partial charge on any atom is 0.297 e. The van der Waals surface area contributed by atoms with E-state index in [4.69, 9.17) is 9.26 Å². The molecule has 1 fully saturated rings. The number of para-hydroxylation sites is 2. The van der Waals surface area contributed by atoms with Gasteiger partial charge in [-0.15, -0.1) is 0 Å². The normalized spacial score (nSPS) is 19.6. The van der Waals surface area contributed by atoms with Crippen LogP contribution in [-0.2, 0) is 0 Å². The largest absolute Gasteiger partial charge is 0.476 e. The zero-order valence-corrected chi connectivity index (χ0v) is 13.8.